The van der Waals surface area contributed by atoms with Gasteiger partial charge in [-0.05, 0) is 25.7 Å². The highest BCUT2D eigenvalue weighted by Gasteiger charge is 2.36. The molecule has 2 heterocycles. The number of hydrogen-bond donors (Lipinski definition) is 4. The summed E-state index contributed by atoms with van der Waals surface area (Å²) in [4.78, 5) is 36.1. The zero-order chi connectivity index (χ0) is 15.4. The van der Waals surface area contributed by atoms with Crippen molar-refractivity contribution in [1.82, 2.24) is 15.5 Å². The van der Waals surface area contributed by atoms with Crippen molar-refractivity contribution in [3.63, 3.8) is 0 Å². The fourth-order valence-corrected chi connectivity index (χ4v) is 2.69. The van der Waals surface area contributed by atoms with Crippen LogP contribution in [0.1, 0.15) is 25.7 Å². The Balaban J connectivity index is 2.00. The Morgan fingerprint density at radius 3 is 2.62 bits per heavy atom. The highest BCUT2D eigenvalue weighted by Crippen LogP contribution is 2.20. The minimum Gasteiger partial charge on any atom is -0.465 e. The minimum absolute atomic E-state index is 0.124. The average Bonchev–Trinajstić information content (AvgIpc) is 2.37. The number of hydrogen-bond acceptors (Lipinski definition) is 4. The van der Waals surface area contributed by atoms with Gasteiger partial charge in [-0.1, -0.05) is 0 Å². The first-order chi connectivity index (χ1) is 9.99. The van der Waals surface area contributed by atoms with Crippen molar-refractivity contribution < 1.29 is 24.6 Å². The molecule has 0 bridgehead atoms. The topological polar surface area (TPSA) is 119 Å². The second-order valence-electron chi connectivity index (χ2n) is 5.55. The maximum atomic E-state index is 12.0. The summed E-state index contributed by atoms with van der Waals surface area (Å²) in [6, 6.07) is -0.968. The van der Waals surface area contributed by atoms with Gasteiger partial charge in [0.2, 0.25) is 5.91 Å². The van der Waals surface area contributed by atoms with Crippen molar-refractivity contribution in [2.24, 2.45) is 5.92 Å². The van der Waals surface area contributed by atoms with Crippen molar-refractivity contribution in [3.8, 4) is 0 Å². The highest BCUT2D eigenvalue weighted by atomic mass is 16.4. The van der Waals surface area contributed by atoms with Crippen molar-refractivity contribution in [3.05, 3.63) is 0 Å². The lowest BCUT2D eigenvalue weighted by molar-refractivity contribution is -0.146. The maximum absolute atomic E-state index is 12.0. The van der Waals surface area contributed by atoms with E-state index < -0.39 is 24.1 Å². The van der Waals surface area contributed by atoms with Gasteiger partial charge < -0.3 is 25.7 Å². The molecule has 0 radical (unpaired) electrons. The largest absolute Gasteiger partial charge is 0.465 e. The summed E-state index contributed by atoms with van der Waals surface area (Å²) in [7, 11) is 0. The zero-order valence-corrected chi connectivity index (χ0v) is 11.7. The lowest BCUT2D eigenvalue weighted by Crippen LogP contribution is -2.56. The van der Waals surface area contributed by atoms with Crippen LogP contribution in [-0.4, -0.2) is 64.8 Å². The second-order valence-corrected chi connectivity index (χ2v) is 5.55. The Hall–Kier alpha value is -1.83. The number of carbonyl (C=O) groups is 3. The number of piperidine rings is 1. The molecule has 0 aromatic carbocycles. The Labute approximate surface area is 122 Å². The number of nitrogens with one attached hydrogen (secondary N) is 2. The van der Waals surface area contributed by atoms with Crippen molar-refractivity contribution >= 4 is 17.9 Å². The van der Waals surface area contributed by atoms with Gasteiger partial charge in [-0.25, -0.2) is 4.79 Å². The number of rotatable bonds is 5. The first kappa shape index (κ1) is 15.6. The number of aliphatic hydroxyl groups excluding tert-OH is 1. The SMILES string of the molecule is O=C(O)N[C@@H](CC1CCCNC1=O)C(O)C(=O)N1CCC1. The third-order valence-electron chi connectivity index (χ3n) is 4.05. The smallest absolute Gasteiger partial charge is 0.404 e. The van der Waals surface area contributed by atoms with Crippen LogP contribution in [0.3, 0.4) is 0 Å². The number of carbonyl (C=O) groups excluding carboxylic acids is 2. The number of carboxylic acid groups (broad SMARTS) is 1. The Morgan fingerprint density at radius 1 is 1.38 bits per heavy atom. The molecule has 0 saturated carbocycles. The molecule has 3 atom stereocenters. The molecule has 8 nitrogen and oxygen atoms in total. The van der Waals surface area contributed by atoms with Crippen LogP contribution in [0.4, 0.5) is 4.79 Å². The molecule has 8 heteroatoms. The van der Waals surface area contributed by atoms with E-state index in [2.05, 4.69) is 10.6 Å². The molecule has 2 fully saturated rings. The van der Waals surface area contributed by atoms with Gasteiger partial charge in [-0.3, -0.25) is 9.59 Å². The van der Waals surface area contributed by atoms with Gasteiger partial charge >= 0.3 is 6.09 Å². The molecule has 3 amide bonds. The van der Waals surface area contributed by atoms with Crippen molar-refractivity contribution in [2.45, 2.75) is 37.8 Å². The first-order valence-corrected chi connectivity index (χ1v) is 7.23. The summed E-state index contributed by atoms with van der Waals surface area (Å²) in [5, 5.41) is 23.9. The summed E-state index contributed by atoms with van der Waals surface area (Å²) in [6.45, 7) is 1.78. The molecular formula is C13H21N3O5. The molecule has 4 N–H and O–H groups in total. The predicted molar refractivity (Wildman–Crippen MR) is 72.5 cm³/mol. The number of likely N-dealkylation sites (tertiary alicyclic amines) is 1. The van der Waals surface area contributed by atoms with Crippen LogP contribution >= 0.6 is 0 Å². The van der Waals surface area contributed by atoms with Crippen LogP contribution in [0, 0.1) is 5.92 Å². The molecule has 118 valence electrons. The van der Waals surface area contributed by atoms with Crippen molar-refractivity contribution in [2.75, 3.05) is 19.6 Å². The van der Waals surface area contributed by atoms with Crippen LogP contribution < -0.4 is 10.6 Å². The van der Waals surface area contributed by atoms with Gasteiger partial charge in [0.05, 0.1) is 6.04 Å². The molecule has 2 aliphatic heterocycles. The van der Waals surface area contributed by atoms with Crippen molar-refractivity contribution in [1.29, 1.82) is 0 Å². The molecule has 2 aliphatic rings. The Morgan fingerprint density at radius 2 is 2.10 bits per heavy atom. The monoisotopic (exact) mass is 299 g/mol. The number of aliphatic hydroxyl groups is 1. The molecule has 0 aliphatic carbocycles. The van der Waals surface area contributed by atoms with Gasteiger partial charge in [0.25, 0.3) is 5.91 Å². The summed E-state index contributed by atoms with van der Waals surface area (Å²) < 4.78 is 0. The Kier molecular flexibility index (Phi) is 5.00. The van der Waals surface area contributed by atoms with Gasteiger partial charge in [-0.15, -0.1) is 0 Å². The standard InChI is InChI=1S/C13H21N3O5/c17-10(12(19)16-5-2-6-16)9(15-13(20)21)7-8-3-1-4-14-11(8)18/h8-10,15,17H,1-7H2,(H,14,18)(H,20,21)/t8?,9-,10?/m0/s1. The van der Waals surface area contributed by atoms with Crippen LogP contribution in [0.15, 0.2) is 0 Å². The molecule has 0 aromatic heterocycles. The van der Waals surface area contributed by atoms with E-state index in [1.807, 2.05) is 0 Å². The second kappa shape index (κ2) is 6.75. The molecule has 2 unspecified atom stereocenters. The highest BCUT2D eigenvalue weighted by molar-refractivity contribution is 5.83. The van der Waals surface area contributed by atoms with Crippen LogP contribution in [0.5, 0.6) is 0 Å². The minimum atomic E-state index is -1.45. The summed E-state index contributed by atoms with van der Waals surface area (Å²) in [5.41, 5.74) is 0. The fourth-order valence-electron chi connectivity index (χ4n) is 2.69. The average molecular weight is 299 g/mol. The van der Waals surface area contributed by atoms with E-state index in [4.69, 9.17) is 5.11 Å². The van der Waals surface area contributed by atoms with Gasteiger partial charge in [0.1, 0.15) is 0 Å². The molecule has 0 aromatic rings. The van der Waals surface area contributed by atoms with Gasteiger partial charge in [0, 0.05) is 25.6 Å². The fraction of sp³-hybridized carbons (Fsp3) is 0.769. The van der Waals surface area contributed by atoms with E-state index in [9.17, 15) is 19.5 Å². The van der Waals surface area contributed by atoms with Gasteiger partial charge in [0.15, 0.2) is 6.10 Å². The summed E-state index contributed by atoms with van der Waals surface area (Å²) in [6.07, 6.45) is -0.303. The quantitative estimate of drug-likeness (QED) is 0.526. The van der Waals surface area contributed by atoms with E-state index in [0.29, 0.717) is 26.1 Å². The predicted octanol–water partition coefficient (Wildman–Crippen LogP) is -0.868. The molecule has 0 spiro atoms. The molecule has 2 saturated heterocycles. The van der Waals surface area contributed by atoms with Crippen LogP contribution in [0.25, 0.3) is 0 Å². The first-order valence-electron chi connectivity index (χ1n) is 7.23. The lowest BCUT2D eigenvalue weighted by Gasteiger charge is -2.35. The maximum Gasteiger partial charge on any atom is 0.404 e. The van der Waals surface area contributed by atoms with Crippen LogP contribution in [-0.2, 0) is 9.59 Å². The summed E-state index contributed by atoms with van der Waals surface area (Å²) >= 11 is 0. The lowest BCUT2D eigenvalue weighted by atomic mass is 9.89. The van der Waals surface area contributed by atoms with E-state index in [-0.39, 0.29) is 18.2 Å². The number of amides is 3. The third-order valence-corrected chi connectivity index (χ3v) is 4.05. The third kappa shape index (κ3) is 3.84. The normalized spacial score (nSPS) is 24.5. The number of nitrogens with zero attached hydrogens (tertiary/aromatic N) is 1. The Bertz CT molecular complexity index is 424. The molecule has 2 rings (SSSR count). The molecule has 21 heavy (non-hydrogen) atoms. The molecular weight excluding hydrogens is 278 g/mol. The van der Waals surface area contributed by atoms with E-state index in [1.54, 1.807) is 0 Å². The van der Waals surface area contributed by atoms with E-state index in [0.717, 1.165) is 12.8 Å². The van der Waals surface area contributed by atoms with Crippen LogP contribution in [0.2, 0.25) is 0 Å². The van der Waals surface area contributed by atoms with E-state index >= 15 is 0 Å². The van der Waals surface area contributed by atoms with E-state index in [1.165, 1.54) is 4.90 Å². The zero-order valence-electron chi connectivity index (χ0n) is 11.7. The van der Waals surface area contributed by atoms with Gasteiger partial charge in [-0.2, -0.15) is 0 Å². The summed E-state index contributed by atoms with van der Waals surface area (Å²) in [5.74, 6) is -1.01.